The van der Waals surface area contributed by atoms with E-state index in [9.17, 15) is 0 Å². The van der Waals surface area contributed by atoms with Gasteiger partial charge in [0.1, 0.15) is 11.6 Å². The normalized spacial score (nSPS) is 9.70. The molecule has 0 amide bonds. The standard InChI is InChI=1S/C14H15N5O/c1-9-8-17-14(16-2)19-13(9)18-11-5-4-10(7-15)6-12(11)20-3/h4-6,8H,1-3H3,(H2,16,17,18,19). The number of anilines is 3. The van der Waals surface area contributed by atoms with Gasteiger partial charge in [-0.3, -0.25) is 0 Å². The predicted molar refractivity (Wildman–Crippen MR) is 77.3 cm³/mol. The second kappa shape index (κ2) is 5.89. The van der Waals surface area contributed by atoms with E-state index in [1.54, 1.807) is 38.6 Å². The maximum Gasteiger partial charge on any atom is 0.224 e. The lowest BCUT2D eigenvalue weighted by molar-refractivity contribution is 0.416. The van der Waals surface area contributed by atoms with Crippen molar-refractivity contribution in [3.63, 3.8) is 0 Å². The second-order valence-corrected chi connectivity index (χ2v) is 4.13. The highest BCUT2D eigenvalue weighted by Gasteiger charge is 2.08. The van der Waals surface area contributed by atoms with E-state index in [1.807, 2.05) is 6.92 Å². The van der Waals surface area contributed by atoms with Crippen LogP contribution in [0, 0.1) is 18.3 Å². The fourth-order valence-electron chi connectivity index (χ4n) is 1.68. The summed E-state index contributed by atoms with van der Waals surface area (Å²) in [7, 11) is 3.32. The summed E-state index contributed by atoms with van der Waals surface area (Å²) in [6, 6.07) is 7.27. The number of rotatable bonds is 4. The second-order valence-electron chi connectivity index (χ2n) is 4.13. The van der Waals surface area contributed by atoms with Gasteiger partial charge in [-0.15, -0.1) is 0 Å². The van der Waals surface area contributed by atoms with E-state index in [-0.39, 0.29) is 0 Å². The Morgan fingerprint density at radius 2 is 2.15 bits per heavy atom. The number of methoxy groups -OCH3 is 1. The van der Waals surface area contributed by atoms with Gasteiger partial charge in [-0.05, 0) is 19.1 Å². The van der Waals surface area contributed by atoms with Crippen molar-refractivity contribution in [2.75, 3.05) is 24.8 Å². The SMILES string of the molecule is CNc1ncc(C)c(Nc2ccc(C#N)cc2OC)n1. The van der Waals surface area contributed by atoms with Crippen LogP contribution in [0.25, 0.3) is 0 Å². The zero-order valence-electron chi connectivity index (χ0n) is 11.6. The molecule has 20 heavy (non-hydrogen) atoms. The van der Waals surface area contributed by atoms with E-state index >= 15 is 0 Å². The zero-order chi connectivity index (χ0) is 14.5. The van der Waals surface area contributed by atoms with Gasteiger partial charge in [0.15, 0.2) is 0 Å². The van der Waals surface area contributed by atoms with Gasteiger partial charge in [-0.1, -0.05) is 0 Å². The quantitative estimate of drug-likeness (QED) is 0.887. The molecule has 2 rings (SSSR count). The van der Waals surface area contributed by atoms with E-state index in [0.717, 1.165) is 11.3 Å². The first-order valence-electron chi connectivity index (χ1n) is 6.04. The molecule has 2 aromatic rings. The summed E-state index contributed by atoms with van der Waals surface area (Å²) in [5.41, 5.74) is 2.20. The molecular formula is C14H15N5O. The van der Waals surface area contributed by atoms with E-state index < -0.39 is 0 Å². The predicted octanol–water partition coefficient (Wildman–Crippen LogP) is 2.45. The monoisotopic (exact) mass is 269 g/mol. The number of hydrogen-bond donors (Lipinski definition) is 2. The molecule has 0 unspecified atom stereocenters. The van der Waals surface area contributed by atoms with Gasteiger partial charge in [0, 0.05) is 24.9 Å². The number of aromatic nitrogens is 2. The van der Waals surface area contributed by atoms with E-state index in [2.05, 4.69) is 26.7 Å². The van der Waals surface area contributed by atoms with E-state index in [4.69, 9.17) is 10.00 Å². The van der Waals surface area contributed by atoms with Crippen molar-refractivity contribution in [3.05, 3.63) is 35.5 Å². The summed E-state index contributed by atoms with van der Waals surface area (Å²) < 4.78 is 5.28. The maximum absolute atomic E-state index is 8.90. The third kappa shape index (κ3) is 2.78. The molecule has 6 nitrogen and oxygen atoms in total. The number of nitrogens with one attached hydrogen (secondary N) is 2. The van der Waals surface area contributed by atoms with E-state index in [1.165, 1.54) is 0 Å². The van der Waals surface area contributed by atoms with Crippen molar-refractivity contribution >= 4 is 17.5 Å². The minimum atomic E-state index is 0.533. The van der Waals surface area contributed by atoms with Crippen LogP contribution in [0.3, 0.4) is 0 Å². The molecule has 0 spiro atoms. The summed E-state index contributed by atoms with van der Waals surface area (Å²) in [5.74, 6) is 1.81. The number of benzene rings is 1. The molecule has 2 N–H and O–H groups in total. The molecule has 0 aliphatic carbocycles. The Hall–Kier alpha value is -2.81. The van der Waals surface area contributed by atoms with Crippen LogP contribution in [0.5, 0.6) is 5.75 Å². The Morgan fingerprint density at radius 1 is 1.35 bits per heavy atom. The highest BCUT2D eigenvalue weighted by molar-refractivity contribution is 5.67. The zero-order valence-corrected chi connectivity index (χ0v) is 11.6. The summed E-state index contributed by atoms with van der Waals surface area (Å²) in [4.78, 5) is 8.48. The highest BCUT2D eigenvalue weighted by Crippen LogP contribution is 2.29. The minimum absolute atomic E-state index is 0.533. The molecule has 0 fully saturated rings. The fourth-order valence-corrected chi connectivity index (χ4v) is 1.68. The van der Waals surface area contributed by atoms with Crippen molar-refractivity contribution in [3.8, 4) is 11.8 Å². The molecule has 0 aliphatic heterocycles. The van der Waals surface area contributed by atoms with Crippen molar-refractivity contribution < 1.29 is 4.74 Å². The maximum atomic E-state index is 8.90. The van der Waals surface area contributed by atoms with E-state index in [0.29, 0.717) is 23.1 Å². The lowest BCUT2D eigenvalue weighted by Crippen LogP contribution is -2.03. The molecule has 0 aliphatic rings. The van der Waals surface area contributed by atoms with Crippen LogP contribution >= 0.6 is 0 Å². The van der Waals surface area contributed by atoms with Gasteiger partial charge in [-0.2, -0.15) is 10.2 Å². The lowest BCUT2D eigenvalue weighted by Gasteiger charge is -2.13. The minimum Gasteiger partial charge on any atom is -0.495 e. The third-order valence-corrected chi connectivity index (χ3v) is 2.78. The van der Waals surface area contributed by atoms with Gasteiger partial charge in [0.2, 0.25) is 5.95 Å². The number of nitrogens with zero attached hydrogens (tertiary/aromatic N) is 3. The number of nitriles is 1. The topological polar surface area (TPSA) is 82.9 Å². The van der Waals surface area contributed by atoms with Crippen LogP contribution in [-0.2, 0) is 0 Å². The molecular weight excluding hydrogens is 254 g/mol. The van der Waals surface area contributed by atoms with Crippen LogP contribution in [0.2, 0.25) is 0 Å². The lowest BCUT2D eigenvalue weighted by atomic mass is 10.2. The summed E-state index contributed by atoms with van der Waals surface area (Å²) in [6.07, 6.45) is 1.73. The summed E-state index contributed by atoms with van der Waals surface area (Å²) in [6.45, 7) is 1.91. The smallest absolute Gasteiger partial charge is 0.224 e. The average Bonchev–Trinajstić information content (AvgIpc) is 2.49. The van der Waals surface area contributed by atoms with Crippen molar-refractivity contribution in [2.24, 2.45) is 0 Å². The molecule has 1 aromatic carbocycles. The van der Waals surface area contributed by atoms with Crippen molar-refractivity contribution in [2.45, 2.75) is 6.92 Å². The Balaban J connectivity index is 2.37. The van der Waals surface area contributed by atoms with Gasteiger partial charge >= 0.3 is 0 Å². The number of hydrogen-bond acceptors (Lipinski definition) is 6. The van der Waals surface area contributed by atoms with Crippen LogP contribution in [0.4, 0.5) is 17.5 Å². The molecule has 0 atom stereocenters. The first-order chi connectivity index (χ1) is 9.67. The van der Waals surface area contributed by atoms with Crippen LogP contribution in [0.15, 0.2) is 24.4 Å². The Bertz CT molecular complexity index is 663. The van der Waals surface area contributed by atoms with Crippen LogP contribution in [-0.4, -0.2) is 24.1 Å². The number of aryl methyl sites for hydroxylation is 1. The van der Waals surface area contributed by atoms with Gasteiger partial charge in [0.05, 0.1) is 24.4 Å². The van der Waals surface area contributed by atoms with Gasteiger partial charge < -0.3 is 15.4 Å². The molecule has 1 aromatic heterocycles. The molecule has 0 saturated heterocycles. The Kier molecular flexibility index (Phi) is 4.01. The van der Waals surface area contributed by atoms with Crippen LogP contribution < -0.4 is 15.4 Å². The molecule has 102 valence electrons. The Morgan fingerprint density at radius 3 is 2.80 bits per heavy atom. The first-order valence-corrected chi connectivity index (χ1v) is 6.04. The van der Waals surface area contributed by atoms with Gasteiger partial charge in [-0.25, -0.2) is 4.98 Å². The van der Waals surface area contributed by atoms with Gasteiger partial charge in [0.25, 0.3) is 0 Å². The Labute approximate surface area is 117 Å². The van der Waals surface area contributed by atoms with Crippen molar-refractivity contribution in [1.82, 2.24) is 9.97 Å². The fraction of sp³-hybridized carbons (Fsp3) is 0.214. The van der Waals surface area contributed by atoms with Crippen molar-refractivity contribution in [1.29, 1.82) is 5.26 Å². The largest absolute Gasteiger partial charge is 0.495 e. The molecule has 0 saturated carbocycles. The molecule has 6 heteroatoms. The average molecular weight is 269 g/mol. The van der Waals surface area contributed by atoms with Crippen LogP contribution in [0.1, 0.15) is 11.1 Å². The highest BCUT2D eigenvalue weighted by atomic mass is 16.5. The first kappa shape index (κ1) is 13.6. The summed E-state index contributed by atoms with van der Waals surface area (Å²) >= 11 is 0. The molecule has 0 bridgehead atoms. The molecule has 0 radical (unpaired) electrons. The number of ether oxygens (including phenoxy) is 1. The third-order valence-electron chi connectivity index (χ3n) is 2.78. The summed E-state index contributed by atoms with van der Waals surface area (Å²) in [5, 5.41) is 15.0. The molecule has 1 heterocycles.